The normalized spacial score (nSPS) is 9.73. The van der Waals surface area contributed by atoms with Gasteiger partial charge < -0.3 is 5.01 Å². The van der Waals surface area contributed by atoms with Crippen molar-refractivity contribution in [1.82, 2.24) is 5.43 Å². The van der Waals surface area contributed by atoms with Gasteiger partial charge in [-0.15, -0.1) is 0 Å². The number of nitrogens with one attached hydrogen (secondary N) is 1. The lowest BCUT2D eigenvalue weighted by atomic mass is 10.3. The second-order valence-corrected chi connectivity index (χ2v) is 2.70. The smallest absolute Gasteiger partial charge is 0.0517 e. The second kappa shape index (κ2) is 3.60. The lowest BCUT2D eigenvalue weighted by molar-refractivity contribution is 0.791. The highest BCUT2D eigenvalue weighted by atomic mass is 35.5. The van der Waals surface area contributed by atoms with Crippen LogP contribution in [0.4, 0.5) is 5.69 Å². The van der Waals surface area contributed by atoms with Crippen molar-refractivity contribution in [3.8, 4) is 0 Å². The Morgan fingerprint density at radius 3 is 2.27 bits per heavy atom. The van der Waals surface area contributed by atoms with Gasteiger partial charge in [-0.3, -0.25) is 0 Å². The molecule has 0 fully saturated rings. The zero-order chi connectivity index (χ0) is 8.27. The van der Waals surface area contributed by atoms with E-state index < -0.39 is 0 Å². The molecule has 1 N–H and O–H groups in total. The topological polar surface area (TPSA) is 15.3 Å². The third-order valence-electron chi connectivity index (χ3n) is 1.55. The molecular weight excluding hydrogens is 160 g/mol. The summed E-state index contributed by atoms with van der Waals surface area (Å²) in [5, 5.41) is 2.68. The summed E-state index contributed by atoms with van der Waals surface area (Å²) in [5.74, 6) is 0. The minimum Gasteiger partial charge on any atom is -0.312 e. The highest BCUT2D eigenvalue weighted by Gasteiger charge is 1.95. The zero-order valence-corrected chi connectivity index (χ0v) is 7.39. The average molecular weight is 171 g/mol. The molecule has 0 saturated carbocycles. The maximum atomic E-state index is 5.72. The summed E-state index contributed by atoms with van der Waals surface area (Å²) in [7, 11) is 3.82. The SMILES string of the molecule is CNN(C)c1ccc(Cl)cc1. The van der Waals surface area contributed by atoms with Crippen LogP contribution in [-0.4, -0.2) is 14.1 Å². The van der Waals surface area contributed by atoms with Crippen molar-refractivity contribution in [2.75, 3.05) is 19.1 Å². The Labute approximate surface area is 71.7 Å². The molecule has 3 heteroatoms. The molecular formula is C8H11ClN2. The summed E-state index contributed by atoms with van der Waals surface area (Å²) in [6.07, 6.45) is 0. The minimum atomic E-state index is 0.762. The number of hydrogen-bond donors (Lipinski definition) is 1. The van der Waals surface area contributed by atoms with Crippen LogP contribution in [0, 0.1) is 0 Å². The first kappa shape index (κ1) is 8.37. The molecule has 0 saturated heterocycles. The van der Waals surface area contributed by atoms with Crippen molar-refractivity contribution in [2.45, 2.75) is 0 Å². The van der Waals surface area contributed by atoms with Crippen LogP contribution < -0.4 is 10.4 Å². The molecule has 0 aromatic heterocycles. The van der Waals surface area contributed by atoms with Crippen LogP contribution in [-0.2, 0) is 0 Å². The Morgan fingerprint density at radius 1 is 1.27 bits per heavy atom. The molecule has 0 spiro atoms. The molecule has 2 nitrogen and oxygen atoms in total. The molecule has 1 aromatic carbocycles. The molecule has 0 aliphatic rings. The number of anilines is 1. The summed E-state index contributed by atoms with van der Waals surface area (Å²) in [5.41, 5.74) is 4.09. The number of nitrogens with zero attached hydrogens (tertiary/aromatic N) is 1. The van der Waals surface area contributed by atoms with Crippen LogP contribution in [0.15, 0.2) is 24.3 Å². The highest BCUT2D eigenvalue weighted by Crippen LogP contribution is 2.14. The first-order valence-corrected chi connectivity index (χ1v) is 3.78. The van der Waals surface area contributed by atoms with Gasteiger partial charge in [0.25, 0.3) is 0 Å². The summed E-state index contributed by atoms with van der Waals surface area (Å²) < 4.78 is 0. The van der Waals surface area contributed by atoms with Crippen molar-refractivity contribution in [3.63, 3.8) is 0 Å². The van der Waals surface area contributed by atoms with E-state index in [1.165, 1.54) is 0 Å². The van der Waals surface area contributed by atoms with Crippen LogP contribution in [0.1, 0.15) is 0 Å². The molecule has 0 aliphatic heterocycles. The quantitative estimate of drug-likeness (QED) is 0.683. The summed E-state index contributed by atoms with van der Waals surface area (Å²) in [6.45, 7) is 0. The van der Waals surface area contributed by atoms with E-state index in [0.717, 1.165) is 10.7 Å². The van der Waals surface area contributed by atoms with Gasteiger partial charge in [-0.05, 0) is 24.3 Å². The third kappa shape index (κ3) is 2.10. The van der Waals surface area contributed by atoms with Crippen LogP contribution in [0.3, 0.4) is 0 Å². The number of benzene rings is 1. The fourth-order valence-corrected chi connectivity index (χ4v) is 0.920. The van der Waals surface area contributed by atoms with E-state index in [1.807, 2.05) is 43.4 Å². The van der Waals surface area contributed by atoms with Gasteiger partial charge in [0, 0.05) is 19.1 Å². The first-order chi connectivity index (χ1) is 5.24. The monoisotopic (exact) mass is 170 g/mol. The highest BCUT2D eigenvalue weighted by molar-refractivity contribution is 6.30. The van der Waals surface area contributed by atoms with Crippen LogP contribution in [0.25, 0.3) is 0 Å². The van der Waals surface area contributed by atoms with E-state index >= 15 is 0 Å². The zero-order valence-electron chi connectivity index (χ0n) is 6.63. The van der Waals surface area contributed by atoms with E-state index in [-0.39, 0.29) is 0 Å². The Hall–Kier alpha value is -0.730. The molecule has 1 aromatic rings. The van der Waals surface area contributed by atoms with Gasteiger partial charge in [0.05, 0.1) is 5.69 Å². The second-order valence-electron chi connectivity index (χ2n) is 2.26. The van der Waals surface area contributed by atoms with Crippen molar-refractivity contribution in [1.29, 1.82) is 0 Å². The molecule has 0 amide bonds. The van der Waals surface area contributed by atoms with Crippen LogP contribution in [0.5, 0.6) is 0 Å². The Kier molecular flexibility index (Phi) is 2.74. The largest absolute Gasteiger partial charge is 0.312 e. The van der Waals surface area contributed by atoms with Gasteiger partial charge in [0.15, 0.2) is 0 Å². The molecule has 60 valence electrons. The van der Waals surface area contributed by atoms with E-state index in [0.29, 0.717) is 0 Å². The molecule has 0 bridgehead atoms. The Balaban J connectivity index is 2.81. The van der Waals surface area contributed by atoms with E-state index in [1.54, 1.807) is 0 Å². The van der Waals surface area contributed by atoms with Gasteiger partial charge in [-0.2, -0.15) is 0 Å². The number of rotatable bonds is 2. The molecule has 0 aliphatic carbocycles. The van der Waals surface area contributed by atoms with Gasteiger partial charge in [0.1, 0.15) is 0 Å². The van der Waals surface area contributed by atoms with Crippen LogP contribution in [0.2, 0.25) is 5.02 Å². The lowest BCUT2D eigenvalue weighted by Crippen LogP contribution is -2.30. The number of halogens is 1. The molecule has 11 heavy (non-hydrogen) atoms. The van der Waals surface area contributed by atoms with Gasteiger partial charge >= 0.3 is 0 Å². The fraction of sp³-hybridized carbons (Fsp3) is 0.250. The van der Waals surface area contributed by atoms with Gasteiger partial charge in [-0.1, -0.05) is 11.6 Å². The average Bonchev–Trinajstić information content (AvgIpc) is 2.05. The Bertz CT molecular complexity index is 220. The summed E-state index contributed by atoms with van der Waals surface area (Å²) in [6, 6.07) is 7.65. The molecule has 0 radical (unpaired) electrons. The lowest BCUT2D eigenvalue weighted by Gasteiger charge is -2.16. The first-order valence-electron chi connectivity index (χ1n) is 3.40. The standard InChI is InChI=1S/C8H11ClN2/c1-10-11(2)8-5-3-7(9)4-6-8/h3-6,10H,1-2H3. The van der Waals surface area contributed by atoms with Crippen LogP contribution >= 0.6 is 11.6 Å². The minimum absolute atomic E-state index is 0.762. The fourth-order valence-electron chi connectivity index (χ4n) is 0.794. The van der Waals surface area contributed by atoms with E-state index in [4.69, 9.17) is 11.6 Å². The summed E-state index contributed by atoms with van der Waals surface area (Å²) >= 11 is 5.72. The predicted molar refractivity (Wildman–Crippen MR) is 48.9 cm³/mol. The number of hydrazine groups is 1. The maximum Gasteiger partial charge on any atom is 0.0517 e. The third-order valence-corrected chi connectivity index (χ3v) is 1.80. The Morgan fingerprint density at radius 2 is 1.82 bits per heavy atom. The maximum absolute atomic E-state index is 5.72. The molecule has 0 atom stereocenters. The molecule has 0 heterocycles. The van der Waals surface area contributed by atoms with Crippen molar-refractivity contribution in [3.05, 3.63) is 29.3 Å². The van der Waals surface area contributed by atoms with Gasteiger partial charge in [0.2, 0.25) is 0 Å². The molecule has 0 unspecified atom stereocenters. The van der Waals surface area contributed by atoms with E-state index in [2.05, 4.69) is 5.43 Å². The number of hydrogen-bond acceptors (Lipinski definition) is 2. The molecule has 1 rings (SSSR count). The predicted octanol–water partition coefficient (Wildman–Crippen LogP) is 1.91. The van der Waals surface area contributed by atoms with Crippen molar-refractivity contribution < 1.29 is 0 Å². The van der Waals surface area contributed by atoms with Crippen molar-refractivity contribution in [2.24, 2.45) is 0 Å². The van der Waals surface area contributed by atoms with Crippen molar-refractivity contribution >= 4 is 17.3 Å². The summed E-state index contributed by atoms with van der Waals surface area (Å²) in [4.78, 5) is 0. The van der Waals surface area contributed by atoms with E-state index in [9.17, 15) is 0 Å². The van der Waals surface area contributed by atoms with Gasteiger partial charge in [-0.25, -0.2) is 5.43 Å².